The van der Waals surface area contributed by atoms with E-state index in [1.165, 1.54) is 24.3 Å². The number of sulfonamides is 1. The lowest BCUT2D eigenvalue weighted by atomic mass is 10.3. The van der Waals surface area contributed by atoms with Gasteiger partial charge in [0.2, 0.25) is 0 Å². The van der Waals surface area contributed by atoms with Gasteiger partial charge in [-0.25, -0.2) is 4.79 Å². The van der Waals surface area contributed by atoms with Gasteiger partial charge in [-0.2, -0.15) is 8.42 Å². The van der Waals surface area contributed by atoms with Crippen LogP contribution in [0.25, 0.3) is 0 Å². The molecule has 0 saturated heterocycles. The van der Waals surface area contributed by atoms with Crippen LogP contribution in [-0.2, 0) is 14.8 Å². The molecule has 0 spiro atoms. The number of ether oxygens (including phenoxy) is 1. The zero-order valence-electron chi connectivity index (χ0n) is 8.29. The van der Waals surface area contributed by atoms with Gasteiger partial charge < -0.3 is 4.74 Å². The Morgan fingerprint density at radius 3 is 2.88 bits per heavy atom. The molecule has 0 amide bonds. The molecule has 0 bridgehead atoms. The molecule has 0 radical (unpaired) electrons. The molecular formula is C10H9NO4S. The van der Waals surface area contributed by atoms with Gasteiger partial charge in [0.15, 0.2) is 0 Å². The van der Waals surface area contributed by atoms with Crippen LogP contribution < -0.4 is 4.74 Å². The molecule has 0 atom stereocenters. The van der Waals surface area contributed by atoms with Crippen molar-refractivity contribution in [2.45, 2.75) is 4.90 Å². The number of hydrogen-bond donors (Lipinski definition) is 0. The highest BCUT2D eigenvalue weighted by Crippen LogP contribution is 2.18. The predicted molar refractivity (Wildman–Crippen MR) is 57.4 cm³/mol. The van der Waals surface area contributed by atoms with Crippen molar-refractivity contribution in [2.75, 3.05) is 6.61 Å². The van der Waals surface area contributed by atoms with E-state index in [4.69, 9.17) is 4.74 Å². The average molecular weight is 239 g/mol. The predicted octanol–water partition coefficient (Wildman–Crippen LogP) is 1.28. The fourth-order valence-corrected chi connectivity index (χ4v) is 1.70. The van der Waals surface area contributed by atoms with Crippen molar-refractivity contribution in [1.29, 1.82) is 0 Å². The van der Waals surface area contributed by atoms with E-state index < -0.39 is 10.0 Å². The number of nitrogens with zero attached hydrogens (tertiary/aromatic N) is 1. The summed E-state index contributed by atoms with van der Waals surface area (Å²) in [7, 11) is -3.96. The SMILES string of the molecule is C=CCOc1cccc(S(=O)(=O)N=C=O)c1. The van der Waals surface area contributed by atoms with Crippen molar-refractivity contribution in [3.63, 3.8) is 0 Å². The van der Waals surface area contributed by atoms with E-state index in [0.717, 1.165) is 6.08 Å². The van der Waals surface area contributed by atoms with E-state index >= 15 is 0 Å². The molecule has 0 unspecified atom stereocenters. The zero-order chi connectivity index (χ0) is 12.0. The van der Waals surface area contributed by atoms with Crippen molar-refractivity contribution in [3.05, 3.63) is 36.9 Å². The van der Waals surface area contributed by atoms with Crippen LogP contribution in [0.5, 0.6) is 5.75 Å². The topological polar surface area (TPSA) is 72.8 Å². The minimum absolute atomic E-state index is 0.114. The van der Waals surface area contributed by atoms with Crippen LogP contribution >= 0.6 is 0 Å². The molecule has 0 aliphatic rings. The van der Waals surface area contributed by atoms with Crippen molar-refractivity contribution < 1.29 is 17.9 Å². The lowest BCUT2D eigenvalue weighted by Crippen LogP contribution is -1.98. The van der Waals surface area contributed by atoms with Gasteiger partial charge in [0.05, 0.1) is 4.90 Å². The fraction of sp³-hybridized carbons (Fsp3) is 0.100. The van der Waals surface area contributed by atoms with E-state index in [0.29, 0.717) is 5.75 Å². The summed E-state index contributed by atoms with van der Waals surface area (Å²) in [4.78, 5) is 9.82. The number of hydrogen-bond acceptors (Lipinski definition) is 4. The molecule has 5 nitrogen and oxygen atoms in total. The first-order chi connectivity index (χ1) is 7.60. The molecule has 1 aromatic carbocycles. The molecule has 1 aromatic rings. The molecule has 0 fully saturated rings. The Morgan fingerprint density at radius 2 is 2.25 bits per heavy atom. The van der Waals surface area contributed by atoms with E-state index in [9.17, 15) is 13.2 Å². The lowest BCUT2D eigenvalue weighted by Gasteiger charge is -2.03. The Labute approximate surface area is 93.1 Å². The maximum Gasteiger partial charge on any atom is 0.292 e. The first-order valence-corrected chi connectivity index (χ1v) is 5.72. The largest absolute Gasteiger partial charge is 0.490 e. The minimum atomic E-state index is -3.96. The average Bonchev–Trinajstić information content (AvgIpc) is 2.27. The Hall–Kier alpha value is -1.91. The molecule has 0 heterocycles. The Balaban J connectivity index is 3.07. The molecule has 0 saturated carbocycles. The summed E-state index contributed by atoms with van der Waals surface area (Å²) in [6.45, 7) is 3.73. The van der Waals surface area contributed by atoms with Crippen LogP contribution in [-0.4, -0.2) is 21.1 Å². The van der Waals surface area contributed by atoms with Gasteiger partial charge >= 0.3 is 0 Å². The van der Waals surface area contributed by atoms with Crippen LogP contribution in [0.15, 0.2) is 46.2 Å². The summed E-state index contributed by atoms with van der Waals surface area (Å²) in [5, 5.41) is 0. The van der Waals surface area contributed by atoms with Crippen LogP contribution in [0.1, 0.15) is 0 Å². The first kappa shape index (κ1) is 12.2. The molecule has 6 heteroatoms. The number of rotatable bonds is 5. The highest BCUT2D eigenvalue weighted by molar-refractivity contribution is 7.90. The molecule has 0 aromatic heterocycles. The molecule has 84 valence electrons. The Morgan fingerprint density at radius 1 is 1.50 bits per heavy atom. The van der Waals surface area contributed by atoms with Gasteiger partial charge in [-0.15, -0.1) is 0 Å². The highest BCUT2D eigenvalue weighted by atomic mass is 32.2. The summed E-state index contributed by atoms with van der Waals surface area (Å²) in [5.41, 5.74) is 0. The Kier molecular flexibility index (Phi) is 3.99. The molecule has 1 rings (SSSR count). The summed E-state index contributed by atoms with van der Waals surface area (Å²) in [6.07, 6.45) is 2.53. The van der Waals surface area contributed by atoms with Gasteiger partial charge in [0.25, 0.3) is 16.1 Å². The second-order valence-electron chi connectivity index (χ2n) is 2.73. The first-order valence-electron chi connectivity index (χ1n) is 4.28. The van der Waals surface area contributed by atoms with Crippen LogP contribution in [0, 0.1) is 0 Å². The van der Waals surface area contributed by atoms with Crippen LogP contribution in [0.4, 0.5) is 0 Å². The third-order valence-corrected chi connectivity index (χ3v) is 2.79. The molecule has 0 aliphatic carbocycles. The zero-order valence-corrected chi connectivity index (χ0v) is 9.11. The number of carbonyl (C=O) groups excluding carboxylic acids is 1. The third kappa shape index (κ3) is 3.05. The summed E-state index contributed by atoms with van der Waals surface area (Å²) >= 11 is 0. The lowest BCUT2D eigenvalue weighted by molar-refractivity contribution is 0.362. The molecule has 0 aliphatic heterocycles. The second-order valence-corrected chi connectivity index (χ2v) is 4.34. The van der Waals surface area contributed by atoms with Gasteiger partial charge in [-0.05, 0) is 12.1 Å². The Bertz CT molecular complexity index is 530. The molecular weight excluding hydrogens is 230 g/mol. The van der Waals surface area contributed by atoms with Gasteiger partial charge in [0.1, 0.15) is 12.4 Å². The van der Waals surface area contributed by atoms with Crippen LogP contribution in [0.3, 0.4) is 0 Å². The smallest absolute Gasteiger partial charge is 0.292 e. The molecule has 16 heavy (non-hydrogen) atoms. The van der Waals surface area contributed by atoms with E-state index in [1.807, 2.05) is 0 Å². The third-order valence-electron chi connectivity index (χ3n) is 1.63. The monoisotopic (exact) mass is 239 g/mol. The number of benzene rings is 1. The highest BCUT2D eigenvalue weighted by Gasteiger charge is 2.12. The van der Waals surface area contributed by atoms with Crippen molar-refractivity contribution in [3.8, 4) is 5.75 Å². The van der Waals surface area contributed by atoms with Crippen molar-refractivity contribution in [2.24, 2.45) is 4.40 Å². The van der Waals surface area contributed by atoms with Crippen molar-refractivity contribution in [1.82, 2.24) is 0 Å². The molecule has 0 N–H and O–H groups in total. The summed E-state index contributed by atoms with van der Waals surface area (Å²) in [6, 6.07) is 5.68. The fourth-order valence-electron chi connectivity index (χ4n) is 0.981. The van der Waals surface area contributed by atoms with Crippen molar-refractivity contribution >= 4 is 16.1 Å². The minimum Gasteiger partial charge on any atom is -0.490 e. The van der Waals surface area contributed by atoms with E-state index in [2.05, 4.69) is 11.0 Å². The maximum atomic E-state index is 11.4. The van der Waals surface area contributed by atoms with Gasteiger partial charge in [-0.3, -0.25) is 0 Å². The maximum absolute atomic E-state index is 11.4. The number of isocyanates is 1. The standard InChI is InChI=1S/C10H9NO4S/c1-2-6-15-9-4-3-5-10(7-9)16(13,14)11-8-12/h2-5,7H,1,6H2. The second kappa shape index (κ2) is 5.25. The van der Waals surface area contributed by atoms with Crippen LogP contribution in [0.2, 0.25) is 0 Å². The van der Waals surface area contributed by atoms with Gasteiger partial charge in [-0.1, -0.05) is 23.1 Å². The van der Waals surface area contributed by atoms with E-state index in [1.54, 1.807) is 6.07 Å². The quantitative estimate of drug-likeness (QED) is 0.440. The van der Waals surface area contributed by atoms with Gasteiger partial charge in [0, 0.05) is 6.07 Å². The van der Waals surface area contributed by atoms with E-state index in [-0.39, 0.29) is 11.5 Å². The summed E-state index contributed by atoms with van der Waals surface area (Å²) < 4.78 is 30.6. The summed E-state index contributed by atoms with van der Waals surface area (Å²) in [5.74, 6) is 0.363. The normalized spacial score (nSPS) is 10.2.